The number of amides is 1. The monoisotopic (exact) mass is 376 g/mol. The Morgan fingerprint density at radius 1 is 1.25 bits per heavy atom. The Hall–Kier alpha value is -3.61. The van der Waals surface area contributed by atoms with Gasteiger partial charge in [0.2, 0.25) is 0 Å². The predicted octanol–water partition coefficient (Wildman–Crippen LogP) is 3.41. The van der Waals surface area contributed by atoms with Crippen LogP contribution in [-0.2, 0) is 13.0 Å². The van der Waals surface area contributed by atoms with Crippen LogP contribution in [0.2, 0.25) is 0 Å². The number of benzene rings is 1. The molecule has 0 bridgehead atoms. The Kier molecular flexibility index (Phi) is 5.05. The fourth-order valence-electron chi connectivity index (χ4n) is 2.92. The number of hydrogen-bond acceptors (Lipinski definition) is 5. The van der Waals surface area contributed by atoms with Gasteiger partial charge in [0.1, 0.15) is 12.4 Å². The van der Waals surface area contributed by atoms with Crippen LogP contribution >= 0.6 is 0 Å². The first-order chi connectivity index (χ1) is 13.7. The topological polar surface area (TPSA) is 93.0 Å². The third-order valence-corrected chi connectivity index (χ3v) is 4.41. The van der Waals surface area contributed by atoms with Crippen LogP contribution in [0.25, 0.3) is 10.9 Å². The molecule has 1 aromatic carbocycles. The van der Waals surface area contributed by atoms with Gasteiger partial charge < -0.3 is 19.6 Å². The van der Waals surface area contributed by atoms with Gasteiger partial charge in [0, 0.05) is 35.4 Å². The summed E-state index contributed by atoms with van der Waals surface area (Å²) in [7, 11) is 0. The first-order valence-corrected chi connectivity index (χ1v) is 9.03. The number of carbonyl (C=O) groups excluding carboxylic acids is 1. The number of H-pyrrole nitrogens is 1. The Labute approximate surface area is 161 Å². The summed E-state index contributed by atoms with van der Waals surface area (Å²) in [6.45, 7) is 2.60. The van der Waals surface area contributed by atoms with Crippen molar-refractivity contribution in [3.05, 3.63) is 77.6 Å². The van der Waals surface area contributed by atoms with Gasteiger partial charge in [-0.1, -0.05) is 23.4 Å². The zero-order valence-corrected chi connectivity index (χ0v) is 15.4. The van der Waals surface area contributed by atoms with Crippen molar-refractivity contribution in [1.82, 2.24) is 20.4 Å². The molecule has 0 spiro atoms. The van der Waals surface area contributed by atoms with Gasteiger partial charge in [-0.25, -0.2) is 0 Å². The van der Waals surface area contributed by atoms with E-state index in [-0.39, 0.29) is 18.2 Å². The molecule has 142 valence electrons. The van der Waals surface area contributed by atoms with E-state index in [4.69, 9.17) is 9.26 Å². The lowest BCUT2D eigenvalue weighted by atomic mass is 10.1. The van der Waals surface area contributed by atoms with Crippen molar-refractivity contribution in [3.63, 3.8) is 0 Å². The first-order valence-electron chi connectivity index (χ1n) is 9.03. The van der Waals surface area contributed by atoms with Crippen LogP contribution < -0.4 is 10.1 Å². The molecule has 7 nitrogen and oxygen atoms in total. The molecule has 0 aliphatic carbocycles. The number of aromatic amines is 1. The second-order valence-corrected chi connectivity index (χ2v) is 6.47. The maximum atomic E-state index is 12.3. The van der Waals surface area contributed by atoms with Gasteiger partial charge in [-0.05, 0) is 37.1 Å². The van der Waals surface area contributed by atoms with Gasteiger partial charge in [0.25, 0.3) is 5.91 Å². The third kappa shape index (κ3) is 4.03. The van der Waals surface area contributed by atoms with E-state index < -0.39 is 0 Å². The Bertz CT molecular complexity index is 1080. The number of para-hydroxylation sites is 1. The number of aromatic nitrogens is 3. The van der Waals surface area contributed by atoms with Crippen LogP contribution in [-0.4, -0.2) is 27.6 Å². The summed E-state index contributed by atoms with van der Waals surface area (Å²) in [6.07, 6.45) is 4.34. The summed E-state index contributed by atoms with van der Waals surface area (Å²) < 4.78 is 10.8. The van der Waals surface area contributed by atoms with E-state index in [2.05, 4.69) is 26.5 Å². The first kappa shape index (κ1) is 17.8. The molecule has 0 unspecified atom stereocenters. The highest BCUT2D eigenvalue weighted by atomic mass is 16.5. The van der Waals surface area contributed by atoms with Gasteiger partial charge in [0.05, 0.1) is 6.20 Å². The van der Waals surface area contributed by atoms with Gasteiger partial charge >= 0.3 is 0 Å². The van der Waals surface area contributed by atoms with E-state index in [9.17, 15) is 4.79 Å². The summed E-state index contributed by atoms with van der Waals surface area (Å²) in [5.74, 6) is 0.834. The standard InChI is InChI=1S/C21H20N4O3/c1-14-6-7-16(12-23-14)27-13-17-10-20(25-28-17)21(26)22-9-8-15-11-24-19-5-3-2-4-18(15)19/h2-7,10-12,24H,8-9,13H2,1H3,(H,22,26). The molecule has 0 saturated carbocycles. The smallest absolute Gasteiger partial charge is 0.273 e. The van der Waals surface area contributed by atoms with E-state index >= 15 is 0 Å². The van der Waals surface area contributed by atoms with Gasteiger partial charge in [-0.3, -0.25) is 9.78 Å². The van der Waals surface area contributed by atoms with Crippen LogP contribution in [0.15, 0.2) is 59.4 Å². The zero-order valence-electron chi connectivity index (χ0n) is 15.4. The molecule has 7 heteroatoms. The van der Waals surface area contributed by atoms with Crippen molar-refractivity contribution in [2.75, 3.05) is 6.54 Å². The maximum absolute atomic E-state index is 12.3. The molecule has 1 amide bonds. The van der Waals surface area contributed by atoms with Crippen molar-refractivity contribution < 1.29 is 14.1 Å². The Morgan fingerprint density at radius 3 is 3.00 bits per heavy atom. The van der Waals surface area contributed by atoms with Gasteiger partial charge in [0.15, 0.2) is 11.5 Å². The van der Waals surface area contributed by atoms with Crippen LogP contribution in [0.1, 0.15) is 27.5 Å². The van der Waals surface area contributed by atoms with E-state index in [1.54, 1.807) is 12.3 Å². The number of pyridine rings is 1. The second kappa shape index (κ2) is 7.96. The lowest BCUT2D eigenvalue weighted by molar-refractivity contribution is 0.0944. The molecular formula is C21H20N4O3. The van der Waals surface area contributed by atoms with E-state index in [1.165, 1.54) is 5.39 Å². The molecule has 3 aromatic heterocycles. The van der Waals surface area contributed by atoms with E-state index in [1.807, 2.05) is 43.5 Å². The largest absolute Gasteiger partial charge is 0.484 e. The Balaban J connectivity index is 1.28. The van der Waals surface area contributed by atoms with Crippen molar-refractivity contribution >= 4 is 16.8 Å². The molecule has 0 aliphatic heterocycles. The van der Waals surface area contributed by atoms with Crippen LogP contribution in [0.5, 0.6) is 5.75 Å². The number of nitrogens with zero attached hydrogens (tertiary/aromatic N) is 2. The van der Waals surface area contributed by atoms with E-state index in [0.717, 1.165) is 23.2 Å². The molecule has 3 heterocycles. The molecule has 4 rings (SSSR count). The average molecular weight is 376 g/mol. The fourth-order valence-corrected chi connectivity index (χ4v) is 2.92. The minimum Gasteiger partial charge on any atom is -0.484 e. The zero-order chi connectivity index (χ0) is 19.3. The number of rotatable bonds is 7. The molecular weight excluding hydrogens is 356 g/mol. The van der Waals surface area contributed by atoms with E-state index in [0.29, 0.717) is 18.1 Å². The SMILES string of the molecule is Cc1ccc(OCc2cc(C(=O)NCCc3c[nH]c4ccccc34)no2)cn1. The third-order valence-electron chi connectivity index (χ3n) is 4.41. The minimum atomic E-state index is -0.271. The molecule has 4 aromatic rings. The summed E-state index contributed by atoms with van der Waals surface area (Å²) in [4.78, 5) is 19.7. The molecule has 0 fully saturated rings. The number of aryl methyl sites for hydroxylation is 1. The summed E-state index contributed by atoms with van der Waals surface area (Å²) in [6, 6.07) is 13.4. The van der Waals surface area contributed by atoms with Gasteiger partial charge in [-0.15, -0.1) is 0 Å². The number of hydrogen-bond donors (Lipinski definition) is 2. The maximum Gasteiger partial charge on any atom is 0.273 e. The van der Waals surface area contributed by atoms with Crippen LogP contribution in [0.4, 0.5) is 0 Å². The number of nitrogens with one attached hydrogen (secondary N) is 2. The normalized spacial score (nSPS) is 10.9. The molecule has 0 aliphatic rings. The second-order valence-electron chi connectivity index (χ2n) is 6.47. The van der Waals surface area contributed by atoms with Crippen LogP contribution in [0, 0.1) is 6.92 Å². The summed E-state index contributed by atoms with van der Waals surface area (Å²) in [5.41, 5.74) is 3.41. The molecule has 0 atom stereocenters. The number of carbonyl (C=O) groups is 1. The lowest BCUT2D eigenvalue weighted by Crippen LogP contribution is -2.25. The molecule has 2 N–H and O–H groups in total. The van der Waals surface area contributed by atoms with Crippen molar-refractivity contribution in [2.45, 2.75) is 20.0 Å². The van der Waals surface area contributed by atoms with Crippen molar-refractivity contribution in [3.8, 4) is 5.75 Å². The highest BCUT2D eigenvalue weighted by molar-refractivity contribution is 5.92. The predicted molar refractivity (Wildman–Crippen MR) is 104 cm³/mol. The summed E-state index contributed by atoms with van der Waals surface area (Å²) >= 11 is 0. The molecule has 0 radical (unpaired) electrons. The number of ether oxygens (including phenoxy) is 1. The molecule has 0 saturated heterocycles. The minimum absolute atomic E-state index is 0.181. The van der Waals surface area contributed by atoms with Crippen molar-refractivity contribution in [2.24, 2.45) is 0 Å². The highest BCUT2D eigenvalue weighted by Crippen LogP contribution is 2.18. The fraction of sp³-hybridized carbons (Fsp3) is 0.190. The quantitative estimate of drug-likeness (QED) is 0.516. The Morgan fingerprint density at radius 2 is 2.14 bits per heavy atom. The van der Waals surface area contributed by atoms with Crippen molar-refractivity contribution in [1.29, 1.82) is 0 Å². The van der Waals surface area contributed by atoms with Crippen LogP contribution in [0.3, 0.4) is 0 Å². The summed E-state index contributed by atoms with van der Waals surface area (Å²) in [5, 5.41) is 7.86. The lowest BCUT2D eigenvalue weighted by Gasteiger charge is -2.03. The number of fused-ring (bicyclic) bond motifs is 1. The molecule has 28 heavy (non-hydrogen) atoms. The highest BCUT2D eigenvalue weighted by Gasteiger charge is 2.13. The van der Waals surface area contributed by atoms with Gasteiger partial charge in [-0.2, -0.15) is 0 Å². The average Bonchev–Trinajstić information content (AvgIpc) is 3.35.